The number of fused-ring (bicyclic) bond motifs is 5. The van der Waals surface area contributed by atoms with E-state index >= 15 is 0 Å². The SMILES string of the molecule is CC[C@]12c3[nH]c4ccccc4c3CCN1C(=O)C(CC(=O)NC(C)(C)C)C[C@@H]2C(=O)N1CCN(C(=O)C2CC2)CC1. The summed E-state index contributed by atoms with van der Waals surface area (Å²) < 4.78 is 0. The first kappa shape index (κ1) is 27.8. The van der Waals surface area contributed by atoms with Gasteiger partial charge in [0.25, 0.3) is 0 Å². The van der Waals surface area contributed by atoms with Gasteiger partial charge >= 0.3 is 0 Å². The molecule has 1 aromatic carbocycles. The number of nitrogens with one attached hydrogen (secondary N) is 2. The van der Waals surface area contributed by atoms with E-state index in [1.807, 2.05) is 47.6 Å². The fourth-order valence-electron chi connectivity index (χ4n) is 7.60. The van der Waals surface area contributed by atoms with Crippen molar-refractivity contribution in [3.05, 3.63) is 35.5 Å². The van der Waals surface area contributed by atoms with Gasteiger partial charge in [-0.15, -0.1) is 0 Å². The van der Waals surface area contributed by atoms with E-state index in [0.29, 0.717) is 52.0 Å². The second kappa shape index (κ2) is 10.2. The molecule has 220 valence electrons. The van der Waals surface area contributed by atoms with Crippen LogP contribution in [0.1, 0.15) is 71.1 Å². The fourth-order valence-corrected chi connectivity index (χ4v) is 7.60. The standard InChI is InChI=1S/C32H43N5O4/c1-5-32-24(30(41)36-16-14-35(15-17-36)28(39)20-10-11-20)18-21(19-26(38)34-31(2,3)4)29(40)37(32)13-12-23-22-8-6-7-9-25(22)33-27(23)32/h6-9,20-21,24,33H,5,10-19H2,1-4H3,(H,34,38)/t21?,24-,32+/m1/s1. The normalized spacial score (nSPS) is 26.5. The molecule has 2 saturated heterocycles. The molecule has 9 nitrogen and oxygen atoms in total. The number of nitrogens with zero attached hydrogens (tertiary/aromatic N) is 3. The molecule has 1 aromatic heterocycles. The Morgan fingerprint density at radius 1 is 1.00 bits per heavy atom. The third kappa shape index (κ3) is 4.81. The molecule has 9 heteroatoms. The van der Waals surface area contributed by atoms with E-state index < -0.39 is 22.9 Å². The molecule has 2 aromatic rings. The molecular weight excluding hydrogens is 518 g/mol. The Hall–Kier alpha value is -3.36. The van der Waals surface area contributed by atoms with Crippen molar-refractivity contribution in [2.75, 3.05) is 32.7 Å². The summed E-state index contributed by atoms with van der Waals surface area (Å²) in [4.78, 5) is 63.8. The molecule has 3 fully saturated rings. The number of carbonyl (C=O) groups excluding carboxylic acids is 4. The van der Waals surface area contributed by atoms with E-state index in [1.54, 1.807) is 0 Å². The van der Waals surface area contributed by atoms with Crippen LogP contribution >= 0.6 is 0 Å². The topological polar surface area (TPSA) is 106 Å². The van der Waals surface area contributed by atoms with Crippen LogP contribution in [0.2, 0.25) is 0 Å². The summed E-state index contributed by atoms with van der Waals surface area (Å²) in [6.07, 6.45) is 3.64. The van der Waals surface area contributed by atoms with Gasteiger partial charge in [0.1, 0.15) is 0 Å². The number of amides is 4. The van der Waals surface area contributed by atoms with Gasteiger partial charge in [-0.2, -0.15) is 0 Å². The third-order valence-corrected chi connectivity index (χ3v) is 9.64. The number of hydrogen-bond donors (Lipinski definition) is 2. The summed E-state index contributed by atoms with van der Waals surface area (Å²) in [5, 5.41) is 4.15. The molecule has 4 amide bonds. The van der Waals surface area contributed by atoms with Gasteiger partial charge in [0.15, 0.2) is 0 Å². The van der Waals surface area contributed by atoms with E-state index in [4.69, 9.17) is 0 Å². The van der Waals surface area contributed by atoms with Crippen LogP contribution in [0.4, 0.5) is 0 Å². The lowest BCUT2D eigenvalue weighted by Crippen LogP contribution is -2.66. The average molecular weight is 562 g/mol. The molecule has 1 saturated carbocycles. The van der Waals surface area contributed by atoms with Crippen LogP contribution in [-0.2, 0) is 31.1 Å². The van der Waals surface area contributed by atoms with E-state index in [-0.39, 0.29) is 36.0 Å². The van der Waals surface area contributed by atoms with Crippen molar-refractivity contribution in [2.45, 2.75) is 77.3 Å². The Balaban J connectivity index is 1.35. The van der Waals surface area contributed by atoms with Gasteiger partial charge in [-0.05, 0) is 64.5 Å². The maximum atomic E-state index is 14.6. The number of piperazine rings is 1. The Kier molecular flexibility index (Phi) is 6.90. The minimum absolute atomic E-state index is 0.0237. The Labute approximate surface area is 242 Å². The minimum Gasteiger partial charge on any atom is -0.356 e. The van der Waals surface area contributed by atoms with Crippen LogP contribution < -0.4 is 5.32 Å². The quantitative estimate of drug-likeness (QED) is 0.585. The summed E-state index contributed by atoms with van der Waals surface area (Å²) in [7, 11) is 0. The van der Waals surface area contributed by atoms with E-state index in [0.717, 1.165) is 29.4 Å². The fraction of sp³-hybridized carbons (Fsp3) is 0.625. The van der Waals surface area contributed by atoms with Gasteiger partial charge in [-0.25, -0.2) is 0 Å². The molecule has 41 heavy (non-hydrogen) atoms. The molecule has 0 radical (unpaired) electrons. The van der Waals surface area contributed by atoms with Crippen LogP contribution in [0.3, 0.4) is 0 Å². The molecule has 4 aliphatic rings. The van der Waals surface area contributed by atoms with Crippen LogP contribution in [0.15, 0.2) is 24.3 Å². The lowest BCUT2D eigenvalue weighted by molar-refractivity contribution is -0.168. The first-order valence-corrected chi connectivity index (χ1v) is 15.3. The van der Waals surface area contributed by atoms with Crippen molar-refractivity contribution < 1.29 is 19.2 Å². The van der Waals surface area contributed by atoms with Crippen molar-refractivity contribution in [3.63, 3.8) is 0 Å². The molecule has 2 N–H and O–H groups in total. The molecule has 6 rings (SSSR count). The number of carbonyl (C=O) groups is 4. The summed E-state index contributed by atoms with van der Waals surface area (Å²) >= 11 is 0. The molecule has 3 atom stereocenters. The highest BCUT2D eigenvalue weighted by Gasteiger charge is 2.59. The zero-order chi connectivity index (χ0) is 29.1. The number of hydrogen-bond acceptors (Lipinski definition) is 4. The maximum Gasteiger partial charge on any atom is 0.228 e. The van der Waals surface area contributed by atoms with Gasteiger partial charge in [-0.1, -0.05) is 25.1 Å². The molecule has 0 spiro atoms. The predicted octanol–water partition coefficient (Wildman–Crippen LogP) is 3.18. The number of benzene rings is 1. The van der Waals surface area contributed by atoms with Crippen molar-refractivity contribution in [3.8, 4) is 0 Å². The lowest BCUT2D eigenvalue weighted by Gasteiger charge is -2.56. The monoisotopic (exact) mass is 561 g/mol. The molecular formula is C32H43N5O4. The highest BCUT2D eigenvalue weighted by molar-refractivity contribution is 5.93. The molecule has 1 aliphatic carbocycles. The number of para-hydroxylation sites is 1. The predicted molar refractivity (Wildman–Crippen MR) is 156 cm³/mol. The Morgan fingerprint density at radius 2 is 1.66 bits per heavy atom. The lowest BCUT2D eigenvalue weighted by atomic mass is 9.65. The van der Waals surface area contributed by atoms with Crippen LogP contribution in [-0.4, -0.2) is 81.6 Å². The number of H-pyrrole nitrogens is 1. The van der Waals surface area contributed by atoms with Crippen molar-refractivity contribution in [1.29, 1.82) is 0 Å². The molecule has 3 aliphatic heterocycles. The van der Waals surface area contributed by atoms with Crippen LogP contribution in [0, 0.1) is 17.8 Å². The van der Waals surface area contributed by atoms with Gasteiger partial charge in [-0.3, -0.25) is 19.2 Å². The minimum atomic E-state index is -0.807. The summed E-state index contributed by atoms with van der Waals surface area (Å²) in [5.41, 5.74) is 1.97. The summed E-state index contributed by atoms with van der Waals surface area (Å²) in [6.45, 7) is 10.5. The number of aromatic nitrogens is 1. The summed E-state index contributed by atoms with van der Waals surface area (Å²) in [5.74, 6) is -0.843. The second-order valence-electron chi connectivity index (χ2n) is 13.5. The highest BCUT2D eigenvalue weighted by atomic mass is 16.2. The van der Waals surface area contributed by atoms with Gasteiger partial charge in [0.05, 0.1) is 11.5 Å². The van der Waals surface area contributed by atoms with E-state index in [1.165, 1.54) is 5.56 Å². The van der Waals surface area contributed by atoms with Gasteiger partial charge in [0.2, 0.25) is 23.6 Å². The van der Waals surface area contributed by atoms with E-state index in [2.05, 4.69) is 29.4 Å². The van der Waals surface area contributed by atoms with Gasteiger partial charge in [0, 0.05) is 73.1 Å². The number of rotatable bonds is 5. The van der Waals surface area contributed by atoms with Crippen molar-refractivity contribution in [1.82, 2.24) is 25.0 Å². The number of aromatic amines is 1. The third-order valence-electron chi connectivity index (χ3n) is 9.64. The Bertz CT molecular complexity index is 1380. The highest BCUT2D eigenvalue weighted by Crippen LogP contribution is 2.52. The zero-order valence-electron chi connectivity index (χ0n) is 24.8. The second-order valence-corrected chi connectivity index (χ2v) is 13.5. The smallest absolute Gasteiger partial charge is 0.228 e. The summed E-state index contributed by atoms with van der Waals surface area (Å²) in [6, 6.07) is 8.20. The van der Waals surface area contributed by atoms with Crippen molar-refractivity contribution >= 4 is 34.5 Å². The van der Waals surface area contributed by atoms with E-state index in [9.17, 15) is 19.2 Å². The molecule has 0 bridgehead atoms. The first-order valence-electron chi connectivity index (χ1n) is 15.3. The van der Waals surface area contributed by atoms with Crippen molar-refractivity contribution in [2.24, 2.45) is 17.8 Å². The Morgan fingerprint density at radius 3 is 2.29 bits per heavy atom. The largest absolute Gasteiger partial charge is 0.356 e. The molecule has 1 unspecified atom stereocenters. The first-order chi connectivity index (χ1) is 19.5. The zero-order valence-corrected chi connectivity index (χ0v) is 24.8. The van der Waals surface area contributed by atoms with Crippen LogP contribution in [0.5, 0.6) is 0 Å². The maximum absolute atomic E-state index is 14.6. The van der Waals surface area contributed by atoms with Gasteiger partial charge < -0.3 is 25.0 Å². The average Bonchev–Trinajstić information content (AvgIpc) is 3.72. The number of piperidine rings is 1. The van der Waals surface area contributed by atoms with Crippen LogP contribution in [0.25, 0.3) is 10.9 Å². The molecule has 4 heterocycles.